The largest absolute Gasteiger partial charge is 0.457 e. The van der Waals surface area contributed by atoms with E-state index in [1.165, 1.54) is 9.80 Å². The van der Waals surface area contributed by atoms with E-state index in [1.54, 1.807) is 109 Å². The van der Waals surface area contributed by atoms with Crippen molar-refractivity contribution in [3.63, 3.8) is 0 Å². The van der Waals surface area contributed by atoms with Crippen LogP contribution in [0.3, 0.4) is 0 Å². The third-order valence-corrected chi connectivity index (χ3v) is 18.5. The van der Waals surface area contributed by atoms with Crippen LogP contribution in [0.4, 0.5) is 11.4 Å². The zero-order valence-corrected chi connectivity index (χ0v) is 52.9. The molecule has 0 radical (unpaired) electrons. The maximum absolute atomic E-state index is 14.5. The van der Waals surface area contributed by atoms with Crippen LogP contribution in [0.25, 0.3) is 64.6 Å². The molecule has 0 fully saturated rings. The number of hydrogen-bond acceptors (Lipinski definition) is 10. The highest BCUT2D eigenvalue weighted by molar-refractivity contribution is 6.39. The van der Waals surface area contributed by atoms with Crippen molar-refractivity contribution in [3.8, 4) is 34.5 Å². The van der Waals surface area contributed by atoms with Gasteiger partial charge < -0.3 is 18.9 Å². The van der Waals surface area contributed by atoms with Crippen LogP contribution >= 0.6 is 0 Å². The van der Waals surface area contributed by atoms with E-state index in [1.807, 2.05) is 97.1 Å². The average Bonchev–Trinajstić information content (AvgIpc) is 0.728. The summed E-state index contributed by atoms with van der Waals surface area (Å²) in [6, 6.07) is 62.2. The molecule has 0 bridgehead atoms. The lowest BCUT2D eigenvalue weighted by Crippen LogP contribution is -2.41. The normalized spacial score (nSPS) is 13.2. The Balaban J connectivity index is 0.652. The van der Waals surface area contributed by atoms with E-state index in [4.69, 9.17) is 18.9 Å². The highest BCUT2D eigenvalue weighted by atomic mass is 16.5. The van der Waals surface area contributed by atoms with Gasteiger partial charge >= 0.3 is 11.9 Å². The first-order valence-electron chi connectivity index (χ1n) is 31.7. The van der Waals surface area contributed by atoms with Crippen molar-refractivity contribution in [3.05, 3.63) is 262 Å². The van der Waals surface area contributed by atoms with Crippen molar-refractivity contribution in [1.29, 1.82) is 0 Å². The van der Waals surface area contributed by atoms with Gasteiger partial charge in [0, 0.05) is 43.8 Å². The monoisotopic (exact) mass is 1230 g/mol. The minimum absolute atomic E-state index is 0.0724. The van der Waals surface area contributed by atoms with Gasteiger partial charge in [-0.05, 0) is 186 Å². The smallest absolute Gasteiger partial charge is 0.344 e. The number of benzene rings is 13. The molecule has 13 aromatic rings. The van der Waals surface area contributed by atoms with Crippen molar-refractivity contribution in [2.24, 2.45) is 0 Å². The Morgan fingerprint density at radius 3 is 0.926 bits per heavy atom. The van der Waals surface area contributed by atoms with Crippen molar-refractivity contribution in [1.82, 2.24) is 0 Å². The molecule has 12 heteroatoms. The number of carbonyl (C=O) groups excluding carboxylic acids is 6. The van der Waals surface area contributed by atoms with Crippen LogP contribution in [-0.4, -0.2) is 35.6 Å². The van der Waals surface area contributed by atoms with Crippen LogP contribution in [0, 0.1) is 0 Å². The summed E-state index contributed by atoms with van der Waals surface area (Å²) in [4.78, 5) is 89.1. The molecule has 0 aromatic heterocycles. The number of fused-ring (bicyclic) bond motifs is 2. The number of nitrogens with zero attached hydrogens (tertiary/aromatic N) is 2. The number of imide groups is 2. The third kappa shape index (κ3) is 9.41. The molecule has 4 amide bonds. The molecule has 0 saturated carbocycles. The summed E-state index contributed by atoms with van der Waals surface area (Å²) in [7, 11) is 0. The summed E-state index contributed by atoms with van der Waals surface area (Å²) >= 11 is 0. The number of amides is 4. The molecule has 0 N–H and O–H groups in total. The lowest BCUT2D eigenvalue weighted by Gasteiger charge is -2.32. The molecule has 0 saturated heterocycles. The van der Waals surface area contributed by atoms with Gasteiger partial charge in [0.15, 0.2) is 0 Å². The fourth-order valence-electron chi connectivity index (χ4n) is 14.1. The molecule has 12 nitrogen and oxygen atoms in total. The molecule has 0 atom stereocenters. The maximum Gasteiger partial charge on any atom is 0.344 e. The minimum atomic E-state index is -0.550. The number of para-hydroxylation sites is 2. The van der Waals surface area contributed by atoms with E-state index < -0.39 is 11.9 Å². The lowest BCUT2D eigenvalue weighted by atomic mass is 9.87. The van der Waals surface area contributed by atoms with Crippen LogP contribution in [0.15, 0.2) is 206 Å². The summed E-state index contributed by atoms with van der Waals surface area (Å²) in [5.74, 6) is 0.0664. The van der Waals surface area contributed by atoms with Gasteiger partial charge in [-0.25, -0.2) is 19.4 Å². The van der Waals surface area contributed by atoms with Crippen molar-refractivity contribution in [2.45, 2.75) is 79.1 Å². The molecule has 0 unspecified atom stereocenters. The second kappa shape index (κ2) is 22.7. The van der Waals surface area contributed by atoms with E-state index in [0.29, 0.717) is 112 Å². The molecule has 0 aliphatic carbocycles. The SMILES string of the molecule is CC(C)c1cccc(C(C)C)c1N1C(=O)c2cccc3c(Oc4ccc(OC(=O)c5ccc6c7cccc8c(C(=O)Oc9ccc(Oc%10ccc%11c%12c(cccc%10%12)C(=O)N(c%10c(C(C)C)cccc%10C(C)C)C%11=O)cc9)ccc(c9cccc5c96)c87)cc4)ccc(c23)C1=O. The summed E-state index contributed by atoms with van der Waals surface area (Å²) < 4.78 is 25.0. The maximum atomic E-state index is 14.5. The molecule has 0 spiro atoms. The van der Waals surface area contributed by atoms with Crippen molar-refractivity contribution in [2.75, 3.05) is 9.80 Å². The molecule has 2 aliphatic heterocycles. The number of ether oxygens (including phenoxy) is 4. The Hall–Kier alpha value is -11.5. The van der Waals surface area contributed by atoms with Gasteiger partial charge in [-0.3, -0.25) is 19.2 Å². The fourth-order valence-corrected chi connectivity index (χ4v) is 14.1. The van der Waals surface area contributed by atoms with Gasteiger partial charge in [0.2, 0.25) is 0 Å². The molecule has 2 heterocycles. The van der Waals surface area contributed by atoms with Crippen molar-refractivity contribution >= 4 is 112 Å². The average molecular weight is 1240 g/mol. The minimum Gasteiger partial charge on any atom is -0.457 e. The quantitative estimate of drug-likeness (QED) is 0.0339. The molecule has 2 aliphatic rings. The summed E-state index contributed by atoms with van der Waals surface area (Å²) in [5, 5.41) is 9.04. The molecule has 460 valence electrons. The predicted molar refractivity (Wildman–Crippen MR) is 370 cm³/mol. The van der Waals surface area contributed by atoms with Gasteiger partial charge in [0.05, 0.1) is 22.5 Å². The molecule has 94 heavy (non-hydrogen) atoms. The van der Waals surface area contributed by atoms with Crippen LogP contribution in [0.5, 0.6) is 34.5 Å². The van der Waals surface area contributed by atoms with Gasteiger partial charge in [0.25, 0.3) is 23.6 Å². The second-order valence-electron chi connectivity index (χ2n) is 25.5. The van der Waals surface area contributed by atoms with Crippen LogP contribution in [0.2, 0.25) is 0 Å². The van der Waals surface area contributed by atoms with E-state index >= 15 is 0 Å². The topological polar surface area (TPSA) is 146 Å². The Kier molecular flexibility index (Phi) is 14.2. The number of anilines is 2. The number of esters is 2. The standard InChI is InChI=1S/C82H62N2O10/c1-43(2)51-15-9-16-52(44(3)4)75(51)83-77(85)65-25-13-23-63-69(41-39-67(73(63)65)79(83)87)91-47-27-31-49(32-28-47)93-81(89)61-37-35-59-56-20-12-22-58-62(38-36-60(72(56)58)55-19-11-21-57(61)71(55)59)82(90)94-50-33-29-48(30-34-50)92-70-42-40-68-74-64(70)24-14-26-66(74)78(86)84(80(68)88)76-53(45(5)6)17-10-18-54(76)46(7)8/h9-46H,1-8H3. The number of carbonyl (C=O) groups is 6. The summed E-state index contributed by atoms with van der Waals surface area (Å²) in [5.41, 5.74) is 7.41. The molecule has 15 rings (SSSR count). The van der Waals surface area contributed by atoms with Crippen molar-refractivity contribution < 1.29 is 47.7 Å². The Morgan fingerprint density at radius 1 is 0.287 bits per heavy atom. The second-order valence-corrected chi connectivity index (χ2v) is 25.5. The Morgan fingerprint density at radius 2 is 0.574 bits per heavy atom. The summed E-state index contributed by atoms with van der Waals surface area (Å²) in [6.07, 6.45) is 0. The summed E-state index contributed by atoms with van der Waals surface area (Å²) in [6.45, 7) is 16.5. The number of hydrogen-bond donors (Lipinski definition) is 0. The highest BCUT2D eigenvalue weighted by Crippen LogP contribution is 2.47. The van der Waals surface area contributed by atoms with Crippen LogP contribution in [-0.2, 0) is 0 Å². The molecule has 13 aromatic carbocycles. The van der Waals surface area contributed by atoms with E-state index in [2.05, 4.69) is 55.4 Å². The van der Waals surface area contributed by atoms with E-state index in [-0.39, 0.29) is 47.3 Å². The first-order valence-corrected chi connectivity index (χ1v) is 31.7. The van der Waals surface area contributed by atoms with E-state index in [0.717, 1.165) is 54.6 Å². The van der Waals surface area contributed by atoms with Gasteiger partial charge in [0.1, 0.15) is 34.5 Å². The molecular weight excluding hydrogens is 1170 g/mol. The Labute approximate surface area is 541 Å². The van der Waals surface area contributed by atoms with Gasteiger partial charge in [-0.15, -0.1) is 0 Å². The molecular formula is C82H62N2O10. The van der Waals surface area contributed by atoms with Gasteiger partial charge in [-0.2, -0.15) is 0 Å². The van der Waals surface area contributed by atoms with Crippen LogP contribution in [0.1, 0.15) is 163 Å². The fraction of sp³-hybridized carbons (Fsp3) is 0.146. The lowest BCUT2D eigenvalue weighted by molar-refractivity contribution is 0.0727. The third-order valence-electron chi connectivity index (χ3n) is 18.5. The zero-order valence-electron chi connectivity index (χ0n) is 52.9. The Bertz CT molecular complexity index is 4960. The first-order chi connectivity index (χ1) is 45.4. The van der Waals surface area contributed by atoms with Crippen LogP contribution < -0.4 is 28.7 Å². The highest BCUT2D eigenvalue weighted by Gasteiger charge is 2.40. The van der Waals surface area contributed by atoms with E-state index in [9.17, 15) is 28.8 Å². The first kappa shape index (κ1) is 58.8. The predicted octanol–water partition coefficient (Wildman–Crippen LogP) is 20.2. The van der Waals surface area contributed by atoms with Gasteiger partial charge in [-0.1, -0.05) is 165 Å². The number of rotatable bonds is 14. The zero-order chi connectivity index (χ0) is 65.1.